The van der Waals surface area contributed by atoms with E-state index in [9.17, 15) is 18.4 Å². The van der Waals surface area contributed by atoms with Gasteiger partial charge in [-0.05, 0) is 36.2 Å². The van der Waals surface area contributed by atoms with Gasteiger partial charge in [-0.15, -0.1) is 0 Å². The van der Waals surface area contributed by atoms with Crippen LogP contribution in [0.1, 0.15) is 16.8 Å². The van der Waals surface area contributed by atoms with Crippen LogP contribution >= 0.6 is 0 Å². The van der Waals surface area contributed by atoms with Gasteiger partial charge < -0.3 is 16.0 Å². The smallest absolute Gasteiger partial charge is 0.256 e. The zero-order chi connectivity index (χ0) is 17.7. The van der Waals surface area contributed by atoms with E-state index in [2.05, 4.69) is 5.32 Å². The van der Waals surface area contributed by atoms with E-state index in [0.29, 0.717) is 24.2 Å². The summed E-state index contributed by atoms with van der Waals surface area (Å²) in [5, 5.41) is 2.72. The summed E-state index contributed by atoms with van der Waals surface area (Å²) in [6.45, 7) is 0.395. The quantitative estimate of drug-likeness (QED) is 0.833. The van der Waals surface area contributed by atoms with Gasteiger partial charge in [0.25, 0.3) is 5.91 Å². The van der Waals surface area contributed by atoms with Gasteiger partial charge in [-0.25, -0.2) is 8.78 Å². The van der Waals surface area contributed by atoms with E-state index in [1.54, 1.807) is 12.1 Å². The minimum atomic E-state index is -0.717. The van der Waals surface area contributed by atoms with Crippen LogP contribution in [-0.2, 0) is 4.79 Å². The van der Waals surface area contributed by atoms with E-state index in [-0.39, 0.29) is 22.9 Å². The fourth-order valence-corrected chi connectivity index (χ4v) is 3.46. The number of hydrogen-bond acceptors (Lipinski definition) is 3. The zero-order valence-electron chi connectivity index (χ0n) is 13.1. The number of benzene rings is 2. The minimum absolute atomic E-state index is 0.183. The lowest BCUT2D eigenvalue weighted by molar-refractivity contribution is -0.119. The number of carbonyl (C=O) groups is 2. The third-order valence-electron chi connectivity index (χ3n) is 4.72. The summed E-state index contributed by atoms with van der Waals surface area (Å²) in [5.41, 5.74) is 7.21. The van der Waals surface area contributed by atoms with Crippen LogP contribution in [0.15, 0.2) is 36.4 Å². The number of nitrogens with two attached hydrogens (primary N) is 1. The lowest BCUT2D eigenvalue weighted by Gasteiger charge is -2.22. The average molecular weight is 343 g/mol. The van der Waals surface area contributed by atoms with Crippen molar-refractivity contribution in [2.24, 2.45) is 5.73 Å². The first-order chi connectivity index (χ1) is 12.0. The predicted molar refractivity (Wildman–Crippen MR) is 87.8 cm³/mol. The lowest BCUT2D eigenvalue weighted by Crippen LogP contribution is -2.48. The minimum Gasteiger partial charge on any atom is -0.325 e. The van der Waals surface area contributed by atoms with Crippen LogP contribution in [-0.4, -0.2) is 35.3 Å². The molecule has 1 saturated heterocycles. The summed E-state index contributed by atoms with van der Waals surface area (Å²) >= 11 is 0. The molecule has 0 radical (unpaired) electrons. The Bertz CT molecular complexity index is 900. The number of hydrogen-bond donors (Lipinski definition) is 2. The molecule has 2 amide bonds. The van der Waals surface area contributed by atoms with Crippen LogP contribution < -0.4 is 11.1 Å². The second-order valence-electron chi connectivity index (χ2n) is 6.27. The summed E-state index contributed by atoms with van der Waals surface area (Å²) < 4.78 is 27.2. The number of rotatable bonds is 1. The van der Waals surface area contributed by atoms with Crippen molar-refractivity contribution in [1.29, 1.82) is 0 Å². The Balaban J connectivity index is 1.81. The van der Waals surface area contributed by atoms with Gasteiger partial charge in [-0.3, -0.25) is 9.59 Å². The van der Waals surface area contributed by atoms with Gasteiger partial charge in [0.1, 0.15) is 17.7 Å². The molecular weight excluding hydrogens is 328 g/mol. The van der Waals surface area contributed by atoms with E-state index < -0.39 is 23.7 Å². The molecule has 2 atom stereocenters. The van der Waals surface area contributed by atoms with Crippen LogP contribution in [0.4, 0.5) is 14.5 Å². The Morgan fingerprint density at radius 3 is 2.64 bits per heavy atom. The van der Waals surface area contributed by atoms with Crippen molar-refractivity contribution in [1.82, 2.24) is 4.90 Å². The summed E-state index contributed by atoms with van der Waals surface area (Å²) in [5.74, 6) is -2.03. The number of fused-ring (bicyclic) bond motifs is 2. The number of carbonyl (C=O) groups excluding carboxylic acids is 2. The highest BCUT2D eigenvalue weighted by molar-refractivity contribution is 6.11. The highest BCUT2D eigenvalue weighted by Crippen LogP contribution is 2.32. The van der Waals surface area contributed by atoms with Crippen molar-refractivity contribution >= 4 is 17.5 Å². The first kappa shape index (κ1) is 15.7. The van der Waals surface area contributed by atoms with Gasteiger partial charge in [0.05, 0.1) is 11.3 Å². The molecule has 2 aliphatic heterocycles. The third-order valence-corrected chi connectivity index (χ3v) is 4.72. The molecule has 2 aliphatic rings. The number of halogens is 2. The van der Waals surface area contributed by atoms with Gasteiger partial charge >= 0.3 is 0 Å². The second-order valence-corrected chi connectivity index (χ2v) is 6.27. The SMILES string of the molecule is NC1CCN2C(=O)c3cc(-c4ccc(F)cc4F)ccc3NC(=O)C12. The second kappa shape index (κ2) is 5.63. The highest BCUT2D eigenvalue weighted by Gasteiger charge is 2.43. The van der Waals surface area contributed by atoms with Crippen molar-refractivity contribution in [2.45, 2.75) is 18.5 Å². The Hall–Kier alpha value is -2.80. The molecule has 2 heterocycles. The average Bonchev–Trinajstić information content (AvgIpc) is 2.92. The third kappa shape index (κ3) is 2.47. The zero-order valence-corrected chi connectivity index (χ0v) is 13.1. The molecule has 0 bridgehead atoms. The molecular formula is C18H15F2N3O2. The molecule has 2 unspecified atom stereocenters. The van der Waals surface area contributed by atoms with Crippen molar-refractivity contribution in [3.8, 4) is 11.1 Å². The Kier molecular flexibility index (Phi) is 3.54. The van der Waals surface area contributed by atoms with Crippen molar-refractivity contribution < 1.29 is 18.4 Å². The fourth-order valence-electron chi connectivity index (χ4n) is 3.46. The first-order valence-electron chi connectivity index (χ1n) is 7.92. The van der Waals surface area contributed by atoms with E-state index in [1.807, 2.05) is 0 Å². The van der Waals surface area contributed by atoms with E-state index in [1.165, 1.54) is 17.0 Å². The molecule has 0 saturated carbocycles. The number of nitrogens with zero attached hydrogens (tertiary/aromatic N) is 1. The van der Waals surface area contributed by atoms with E-state index >= 15 is 0 Å². The number of amides is 2. The number of nitrogens with one attached hydrogen (secondary N) is 1. The summed E-state index contributed by atoms with van der Waals surface area (Å²) in [6.07, 6.45) is 0.547. The molecule has 128 valence electrons. The van der Waals surface area contributed by atoms with Crippen LogP contribution in [0.2, 0.25) is 0 Å². The predicted octanol–water partition coefficient (Wildman–Crippen LogP) is 2.13. The molecule has 2 aromatic carbocycles. The topological polar surface area (TPSA) is 75.4 Å². The maximum absolute atomic E-state index is 14.1. The fraction of sp³-hybridized carbons (Fsp3) is 0.222. The summed E-state index contributed by atoms with van der Waals surface area (Å²) in [7, 11) is 0. The van der Waals surface area contributed by atoms with Crippen LogP contribution in [0.5, 0.6) is 0 Å². The van der Waals surface area contributed by atoms with Gasteiger partial charge in [0, 0.05) is 24.2 Å². The molecule has 0 spiro atoms. The molecule has 7 heteroatoms. The molecule has 5 nitrogen and oxygen atoms in total. The standard InChI is InChI=1S/C18H15F2N3O2/c19-10-2-3-11(13(20)8-10)9-1-4-15-12(7-9)18(25)23-6-5-14(21)16(23)17(24)22-15/h1-4,7-8,14,16H,5-6,21H2,(H,22,24). The Morgan fingerprint density at radius 1 is 1.08 bits per heavy atom. The highest BCUT2D eigenvalue weighted by atomic mass is 19.1. The van der Waals surface area contributed by atoms with Crippen molar-refractivity contribution in [3.05, 3.63) is 53.6 Å². The van der Waals surface area contributed by atoms with Crippen LogP contribution in [0, 0.1) is 11.6 Å². The van der Waals surface area contributed by atoms with Crippen molar-refractivity contribution in [3.63, 3.8) is 0 Å². The van der Waals surface area contributed by atoms with Crippen LogP contribution in [0.3, 0.4) is 0 Å². The maximum atomic E-state index is 14.1. The van der Waals surface area contributed by atoms with Crippen LogP contribution in [0.25, 0.3) is 11.1 Å². The van der Waals surface area contributed by atoms with Gasteiger partial charge in [0.2, 0.25) is 5.91 Å². The van der Waals surface area contributed by atoms with E-state index in [4.69, 9.17) is 5.73 Å². The molecule has 4 rings (SSSR count). The maximum Gasteiger partial charge on any atom is 0.256 e. The molecule has 25 heavy (non-hydrogen) atoms. The lowest BCUT2D eigenvalue weighted by atomic mass is 10.0. The Morgan fingerprint density at radius 2 is 1.88 bits per heavy atom. The van der Waals surface area contributed by atoms with Gasteiger partial charge in [0.15, 0.2) is 0 Å². The molecule has 0 aliphatic carbocycles. The monoisotopic (exact) mass is 343 g/mol. The summed E-state index contributed by atoms with van der Waals surface area (Å²) in [6, 6.07) is 6.80. The number of anilines is 1. The molecule has 0 aromatic heterocycles. The van der Waals surface area contributed by atoms with Gasteiger partial charge in [-0.2, -0.15) is 0 Å². The van der Waals surface area contributed by atoms with Crippen molar-refractivity contribution in [2.75, 3.05) is 11.9 Å². The first-order valence-corrected chi connectivity index (χ1v) is 7.92. The molecule has 2 aromatic rings. The molecule has 1 fully saturated rings. The van der Waals surface area contributed by atoms with E-state index in [0.717, 1.165) is 12.1 Å². The Labute approximate surface area is 142 Å². The van der Waals surface area contributed by atoms with Gasteiger partial charge in [-0.1, -0.05) is 6.07 Å². The normalized spacial score (nSPS) is 22.3. The largest absolute Gasteiger partial charge is 0.325 e. The molecule has 3 N–H and O–H groups in total. The summed E-state index contributed by atoms with van der Waals surface area (Å²) in [4.78, 5) is 26.7.